The normalized spacial score (nSPS) is 10.1. The van der Waals surface area contributed by atoms with E-state index in [1.54, 1.807) is 19.2 Å². The van der Waals surface area contributed by atoms with Gasteiger partial charge < -0.3 is 14.4 Å². The van der Waals surface area contributed by atoms with Gasteiger partial charge in [-0.25, -0.2) is 4.79 Å². The lowest BCUT2D eigenvalue weighted by Crippen LogP contribution is -2.26. The molecule has 0 bridgehead atoms. The number of rotatable bonds is 2. The zero-order chi connectivity index (χ0) is 13.1. The molecule has 5 nitrogen and oxygen atoms in total. The number of phenols is 1. The molecule has 0 spiro atoms. The molecule has 92 valence electrons. The molecule has 1 heterocycles. The Bertz CT molecular complexity index is 612. The third-order valence-corrected chi connectivity index (χ3v) is 2.47. The Kier molecular flexibility index (Phi) is 3.14. The van der Waals surface area contributed by atoms with Gasteiger partial charge in [0.25, 0.3) is 5.91 Å². The first-order valence-electron chi connectivity index (χ1n) is 5.24. The molecule has 0 aliphatic heterocycles. The van der Waals surface area contributed by atoms with E-state index in [-0.39, 0.29) is 17.2 Å². The quantitative estimate of drug-likeness (QED) is 0.872. The lowest BCUT2D eigenvalue weighted by atomic mass is 10.2. The number of aromatic hydroxyl groups is 1. The Hall–Kier alpha value is -2.56. The monoisotopic (exact) mass is 245 g/mol. The molecule has 2 aromatic rings. The van der Waals surface area contributed by atoms with Crippen LogP contribution in [0.25, 0.3) is 0 Å². The molecule has 1 aromatic carbocycles. The molecular formula is C13H11NO4. The number of amides is 1. The Morgan fingerprint density at radius 3 is 2.67 bits per heavy atom. The molecular weight excluding hydrogens is 234 g/mol. The number of nitrogens with zero attached hydrogens (tertiary/aromatic N) is 1. The van der Waals surface area contributed by atoms with Crippen LogP contribution in [0.15, 0.2) is 51.9 Å². The van der Waals surface area contributed by atoms with Crippen LogP contribution >= 0.6 is 0 Å². The topological polar surface area (TPSA) is 70.8 Å². The van der Waals surface area contributed by atoms with Crippen molar-refractivity contribution >= 4 is 11.6 Å². The minimum absolute atomic E-state index is 0.0757. The number of hydrogen-bond donors (Lipinski definition) is 1. The van der Waals surface area contributed by atoms with E-state index in [0.717, 1.165) is 6.26 Å². The summed E-state index contributed by atoms with van der Waals surface area (Å²) in [4.78, 5) is 24.2. The molecule has 1 aromatic heterocycles. The molecule has 1 N–H and O–H groups in total. The summed E-state index contributed by atoms with van der Waals surface area (Å²) in [6.45, 7) is 0. The Morgan fingerprint density at radius 2 is 2.06 bits per heavy atom. The van der Waals surface area contributed by atoms with Crippen LogP contribution in [-0.2, 0) is 0 Å². The number of anilines is 1. The Labute approximate surface area is 103 Å². The molecule has 2 rings (SSSR count). The first-order valence-corrected chi connectivity index (χ1v) is 5.24. The van der Waals surface area contributed by atoms with E-state index in [9.17, 15) is 14.7 Å². The van der Waals surface area contributed by atoms with E-state index >= 15 is 0 Å². The fraction of sp³-hybridized carbons (Fsp3) is 0.0769. The third kappa shape index (κ3) is 2.40. The van der Waals surface area contributed by atoms with Gasteiger partial charge in [0.05, 0.1) is 5.56 Å². The first-order chi connectivity index (χ1) is 8.58. The minimum Gasteiger partial charge on any atom is -0.508 e. The van der Waals surface area contributed by atoms with Crippen LogP contribution in [0.5, 0.6) is 5.75 Å². The van der Waals surface area contributed by atoms with Gasteiger partial charge in [-0.05, 0) is 18.2 Å². The van der Waals surface area contributed by atoms with Crippen LogP contribution in [0.4, 0.5) is 5.69 Å². The van der Waals surface area contributed by atoms with Crippen molar-refractivity contribution in [3.63, 3.8) is 0 Å². The highest BCUT2D eigenvalue weighted by Gasteiger charge is 2.14. The van der Waals surface area contributed by atoms with Crippen molar-refractivity contribution in [1.29, 1.82) is 0 Å². The highest BCUT2D eigenvalue weighted by molar-refractivity contribution is 6.05. The Morgan fingerprint density at radius 1 is 1.28 bits per heavy atom. The van der Waals surface area contributed by atoms with Crippen molar-refractivity contribution in [2.75, 3.05) is 11.9 Å². The summed E-state index contributed by atoms with van der Waals surface area (Å²) in [5.74, 6) is -0.254. The van der Waals surface area contributed by atoms with Crippen molar-refractivity contribution in [3.05, 3.63) is 58.6 Å². The predicted octanol–water partition coefficient (Wildman–Crippen LogP) is 1.62. The van der Waals surface area contributed by atoms with Gasteiger partial charge in [-0.15, -0.1) is 0 Å². The van der Waals surface area contributed by atoms with Crippen LogP contribution in [0.1, 0.15) is 10.4 Å². The number of carbonyl (C=O) groups is 1. The van der Waals surface area contributed by atoms with Crippen LogP contribution in [0.3, 0.4) is 0 Å². The molecule has 0 aliphatic carbocycles. The van der Waals surface area contributed by atoms with Gasteiger partial charge in [0, 0.05) is 24.9 Å². The molecule has 0 atom stereocenters. The van der Waals surface area contributed by atoms with Crippen LogP contribution in [-0.4, -0.2) is 18.1 Å². The maximum atomic E-state index is 12.0. The second kappa shape index (κ2) is 4.75. The summed E-state index contributed by atoms with van der Waals surface area (Å²) >= 11 is 0. The highest BCUT2D eigenvalue weighted by atomic mass is 16.4. The summed E-state index contributed by atoms with van der Waals surface area (Å²) in [6.07, 6.45) is 1.12. The molecule has 0 saturated heterocycles. The van der Waals surface area contributed by atoms with E-state index in [4.69, 9.17) is 0 Å². The highest BCUT2D eigenvalue weighted by Crippen LogP contribution is 2.20. The summed E-state index contributed by atoms with van der Waals surface area (Å²) in [7, 11) is 1.57. The van der Waals surface area contributed by atoms with Crippen molar-refractivity contribution < 1.29 is 14.3 Å². The molecule has 1 amide bonds. The molecule has 0 radical (unpaired) electrons. The lowest BCUT2D eigenvalue weighted by molar-refractivity contribution is 0.0990. The maximum absolute atomic E-state index is 12.0. The van der Waals surface area contributed by atoms with Gasteiger partial charge >= 0.3 is 5.63 Å². The zero-order valence-electron chi connectivity index (χ0n) is 9.66. The van der Waals surface area contributed by atoms with Gasteiger partial charge in [0.1, 0.15) is 12.0 Å². The number of benzene rings is 1. The molecule has 0 fully saturated rings. The lowest BCUT2D eigenvalue weighted by Gasteiger charge is -2.17. The second-order valence-electron chi connectivity index (χ2n) is 3.73. The van der Waals surface area contributed by atoms with Crippen molar-refractivity contribution in [2.45, 2.75) is 0 Å². The minimum atomic E-state index is -0.508. The fourth-order valence-electron chi connectivity index (χ4n) is 1.49. The molecule has 18 heavy (non-hydrogen) atoms. The largest absolute Gasteiger partial charge is 0.508 e. The average molecular weight is 245 g/mol. The van der Waals surface area contributed by atoms with Gasteiger partial charge in [-0.2, -0.15) is 0 Å². The average Bonchev–Trinajstić information content (AvgIpc) is 2.38. The van der Waals surface area contributed by atoms with E-state index in [1.165, 1.54) is 29.2 Å². The van der Waals surface area contributed by atoms with E-state index < -0.39 is 5.63 Å². The molecule has 0 unspecified atom stereocenters. The molecule has 0 aliphatic rings. The number of hydrogen-bond acceptors (Lipinski definition) is 4. The van der Waals surface area contributed by atoms with Crippen LogP contribution in [0.2, 0.25) is 0 Å². The number of carbonyl (C=O) groups excluding carboxylic acids is 1. The standard InChI is InChI=1S/C13H11NO4/c1-14(10-3-2-4-11(15)7-10)13(17)9-5-6-12(16)18-8-9/h2-8,15H,1H3. The van der Waals surface area contributed by atoms with Crippen molar-refractivity contribution in [3.8, 4) is 5.75 Å². The van der Waals surface area contributed by atoms with Crippen molar-refractivity contribution in [2.24, 2.45) is 0 Å². The second-order valence-corrected chi connectivity index (χ2v) is 3.73. The van der Waals surface area contributed by atoms with Crippen LogP contribution in [0, 0.1) is 0 Å². The maximum Gasteiger partial charge on any atom is 0.335 e. The smallest absolute Gasteiger partial charge is 0.335 e. The summed E-state index contributed by atoms with van der Waals surface area (Å²) < 4.78 is 4.64. The van der Waals surface area contributed by atoms with Gasteiger partial charge in [0.2, 0.25) is 0 Å². The summed E-state index contributed by atoms with van der Waals surface area (Å²) in [5.41, 5.74) is 0.304. The summed E-state index contributed by atoms with van der Waals surface area (Å²) in [6, 6.07) is 8.90. The predicted molar refractivity (Wildman–Crippen MR) is 65.8 cm³/mol. The van der Waals surface area contributed by atoms with Crippen molar-refractivity contribution in [1.82, 2.24) is 0 Å². The van der Waals surface area contributed by atoms with Crippen LogP contribution < -0.4 is 10.5 Å². The van der Waals surface area contributed by atoms with E-state index in [2.05, 4.69) is 4.42 Å². The zero-order valence-corrected chi connectivity index (χ0v) is 9.66. The number of phenolic OH excluding ortho intramolecular Hbond substituents is 1. The first kappa shape index (κ1) is 11.9. The Balaban J connectivity index is 2.29. The third-order valence-electron chi connectivity index (χ3n) is 2.47. The fourth-order valence-corrected chi connectivity index (χ4v) is 1.49. The molecule has 0 saturated carbocycles. The molecule has 5 heteroatoms. The van der Waals surface area contributed by atoms with Gasteiger partial charge in [-0.3, -0.25) is 4.79 Å². The van der Waals surface area contributed by atoms with Gasteiger partial charge in [0.15, 0.2) is 0 Å². The van der Waals surface area contributed by atoms with Gasteiger partial charge in [-0.1, -0.05) is 6.07 Å². The summed E-state index contributed by atoms with van der Waals surface area (Å²) in [5, 5.41) is 9.35. The van der Waals surface area contributed by atoms with E-state index in [0.29, 0.717) is 5.69 Å². The van der Waals surface area contributed by atoms with E-state index in [1.807, 2.05) is 0 Å². The SMILES string of the molecule is CN(C(=O)c1ccc(=O)oc1)c1cccc(O)c1.